The van der Waals surface area contributed by atoms with Crippen LogP contribution in [0.25, 0.3) is 21.2 Å². The molecule has 0 unspecified atom stereocenters. The molecule has 0 aliphatic carbocycles. The number of hydrogen-bond acceptors (Lipinski definition) is 4. The van der Waals surface area contributed by atoms with Crippen molar-refractivity contribution in [2.75, 3.05) is 6.61 Å². The van der Waals surface area contributed by atoms with Gasteiger partial charge in [-0.1, -0.05) is 36.4 Å². The molecule has 3 aromatic rings. The molecule has 23 heavy (non-hydrogen) atoms. The predicted molar refractivity (Wildman–Crippen MR) is 92.5 cm³/mol. The van der Waals surface area contributed by atoms with Crippen LogP contribution in [0.3, 0.4) is 0 Å². The molecule has 0 saturated heterocycles. The second-order valence-electron chi connectivity index (χ2n) is 5.08. The summed E-state index contributed by atoms with van der Waals surface area (Å²) in [4.78, 5) is 13.6. The summed E-state index contributed by atoms with van der Waals surface area (Å²) in [7, 11) is 0. The molecule has 0 spiro atoms. The fraction of sp³-hybridized carbons (Fsp3) is 0.158. The van der Waals surface area contributed by atoms with Crippen LogP contribution in [0.2, 0.25) is 0 Å². The van der Waals surface area contributed by atoms with E-state index in [-0.39, 0.29) is 12.4 Å². The Morgan fingerprint density at radius 3 is 2.70 bits per heavy atom. The molecule has 0 bridgehead atoms. The minimum absolute atomic E-state index is 0.207. The van der Waals surface area contributed by atoms with Gasteiger partial charge in [0.25, 0.3) is 0 Å². The molecule has 4 heteroatoms. The third-order valence-electron chi connectivity index (χ3n) is 3.57. The minimum Gasteiger partial charge on any atom is -0.462 e. The van der Waals surface area contributed by atoms with Gasteiger partial charge in [-0.2, -0.15) is 5.26 Å². The van der Waals surface area contributed by atoms with Crippen LogP contribution in [0, 0.1) is 11.3 Å². The first-order chi connectivity index (χ1) is 11.2. The maximum atomic E-state index is 12.1. The Morgan fingerprint density at radius 2 is 1.96 bits per heavy atom. The first-order valence-corrected chi connectivity index (χ1v) is 8.20. The first-order valence-electron chi connectivity index (χ1n) is 7.39. The van der Waals surface area contributed by atoms with Crippen LogP contribution in [0.15, 0.2) is 48.5 Å². The third-order valence-corrected chi connectivity index (χ3v) is 4.78. The normalized spacial score (nSPS) is 10.4. The number of hydrogen-bond donors (Lipinski definition) is 0. The van der Waals surface area contributed by atoms with Crippen LogP contribution >= 0.6 is 11.3 Å². The van der Waals surface area contributed by atoms with E-state index >= 15 is 0 Å². The zero-order chi connectivity index (χ0) is 16.2. The number of carbonyl (C=O) groups excluding carboxylic acids is 1. The Bertz CT molecular complexity index is 905. The van der Waals surface area contributed by atoms with Crippen LogP contribution in [0.4, 0.5) is 0 Å². The summed E-state index contributed by atoms with van der Waals surface area (Å²) in [6, 6.07) is 18.4. The molecule has 114 valence electrons. The standard InChI is InChI=1S/C19H15NO2S/c1-2-22-19(21)18-16(9-10-20)12-17(23-18)15-8-7-13-5-3-4-6-14(13)11-15/h3-8,11-12H,2,9H2,1H3. The SMILES string of the molecule is CCOC(=O)c1sc(-c2ccc3ccccc3c2)cc1CC#N. The number of ether oxygens (including phenoxy) is 1. The second kappa shape index (κ2) is 6.64. The van der Waals surface area contributed by atoms with Gasteiger partial charge in [-0.15, -0.1) is 11.3 Å². The van der Waals surface area contributed by atoms with E-state index in [9.17, 15) is 4.79 Å². The summed E-state index contributed by atoms with van der Waals surface area (Å²) in [6.45, 7) is 2.10. The molecule has 0 fully saturated rings. The van der Waals surface area contributed by atoms with Gasteiger partial charge in [0, 0.05) is 4.88 Å². The molecule has 2 aromatic carbocycles. The van der Waals surface area contributed by atoms with E-state index in [1.807, 2.05) is 24.3 Å². The van der Waals surface area contributed by atoms with Gasteiger partial charge in [0.15, 0.2) is 0 Å². The van der Waals surface area contributed by atoms with Gasteiger partial charge in [-0.3, -0.25) is 0 Å². The highest BCUT2D eigenvalue weighted by Gasteiger charge is 2.18. The van der Waals surface area contributed by atoms with E-state index in [2.05, 4.69) is 30.3 Å². The summed E-state index contributed by atoms with van der Waals surface area (Å²) in [5.74, 6) is -0.352. The van der Waals surface area contributed by atoms with Gasteiger partial charge >= 0.3 is 5.97 Å². The molecule has 0 atom stereocenters. The highest BCUT2D eigenvalue weighted by molar-refractivity contribution is 7.17. The molecular weight excluding hydrogens is 306 g/mol. The van der Waals surface area contributed by atoms with Gasteiger partial charge in [0.2, 0.25) is 0 Å². The molecular formula is C19H15NO2S. The van der Waals surface area contributed by atoms with Crippen molar-refractivity contribution in [2.45, 2.75) is 13.3 Å². The quantitative estimate of drug-likeness (QED) is 0.648. The summed E-state index contributed by atoms with van der Waals surface area (Å²) in [6.07, 6.45) is 0.207. The Balaban J connectivity index is 2.06. The molecule has 3 nitrogen and oxygen atoms in total. The van der Waals surface area contributed by atoms with E-state index in [1.165, 1.54) is 16.7 Å². The number of carbonyl (C=O) groups is 1. The van der Waals surface area contributed by atoms with Crippen molar-refractivity contribution in [3.63, 3.8) is 0 Å². The monoisotopic (exact) mass is 321 g/mol. The van der Waals surface area contributed by atoms with Crippen molar-refractivity contribution >= 4 is 28.1 Å². The lowest BCUT2D eigenvalue weighted by atomic mass is 10.1. The maximum Gasteiger partial charge on any atom is 0.348 e. The fourth-order valence-corrected chi connectivity index (χ4v) is 3.57. The zero-order valence-corrected chi connectivity index (χ0v) is 13.5. The van der Waals surface area contributed by atoms with Gasteiger partial charge in [-0.05, 0) is 41.0 Å². The molecule has 1 aromatic heterocycles. The minimum atomic E-state index is -0.352. The van der Waals surface area contributed by atoms with Crippen molar-refractivity contribution in [1.29, 1.82) is 5.26 Å². The smallest absolute Gasteiger partial charge is 0.348 e. The van der Waals surface area contributed by atoms with E-state index in [0.29, 0.717) is 11.5 Å². The topological polar surface area (TPSA) is 50.1 Å². The van der Waals surface area contributed by atoms with Crippen LogP contribution in [-0.2, 0) is 11.2 Å². The molecule has 0 N–H and O–H groups in total. The number of rotatable bonds is 4. The summed E-state index contributed by atoms with van der Waals surface area (Å²) < 4.78 is 5.10. The number of benzene rings is 2. The fourth-order valence-electron chi connectivity index (χ4n) is 2.50. The van der Waals surface area contributed by atoms with E-state index in [0.717, 1.165) is 21.4 Å². The van der Waals surface area contributed by atoms with E-state index < -0.39 is 0 Å². The number of fused-ring (bicyclic) bond motifs is 1. The number of thiophene rings is 1. The lowest BCUT2D eigenvalue weighted by Gasteiger charge is -2.01. The second-order valence-corrected chi connectivity index (χ2v) is 6.13. The molecule has 0 saturated carbocycles. The van der Waals surface area contributed by atoms with Gasteiger partial charge in [0.05, 0.1) is 19.1 Å². The predicted octanol–water partition coefficient (Wildman–Crippen LogP) is 4.81. The van der Waals surface area contributed by atoms with Crippen LogP contribution in [0.5, 0.6) is 0 Å². The van der Waals surface area contributed by atoms with Crippen molar-refractivity contribution in [1.82, 2.24) is 0 Å². The average Bonchev–Trinajstić information content (AvgIpc) is 2.99. The summed E-state index contributed by atoms with van der Waals surface area (Å²) >= 11 is 1.38. The van der Waals surface area contributed by atoms with Gasteiger partial charge < -0.3 is 4.74 Å². The molecule has 0 aliphatic rings. The van der Waals surface area contributed by atoms with E-state index in [4.69, 9.17) is 10.00 Å². The molecule has 3 rings (SSSR count). The van der Waals surface area contributed by atoms with Crippen LogP contribution in [0.1, 0.15) is 22.2 Å². The summed E-state index contributed by atoms with van der Waals surface area (Å²) in [5, 5.41) is 11.3. The Morgan fingerprint density at radius 1 is 1.17 bits per heavy atom. The van der Waals surface area contributed by atoms with Crippen molar-refractivity contribution in [2.24, 2.45) is 0 Å². The lowest BCUT2D eigenvalue weighted by molar-refractivity contribution is 0.0531. The largest absolute Gasteiger partial charge is 0.462 e. The highest BCUT2D eigenvalue weighted by Crippen LogP contribution is 2.34. The van der Waals surface area contributed by atoms with Gasteiger partial charge in [-0.25, -0.2) is 4.79 Å². The lowest BCUT2D eigenvalue weighted by Crippen LogP contribution is -2.04. The Labute approximate surface area is 138 Å². The van der Waals surface area contributed by atoms with Crippen LogP contribution < -0.4 is 0 Å². The first kappa shape index (κ1) is 15.3. The van der Waals surface area contributed by atoms with Crippen molar-refractivity contribution in [3.05, 3.63) is 59.0 Å². The van der Waals surface area contributed by atoms with E-state index in [1.54, 1.807) is 6.92 Å². The van der Waals surface area contributed by atoms with Crippen molar-refractivity contribution in [3.8, 4) is 16.5 Å². The molecule has 0 aliphatic heterocycles. The zero-order valence-electron chi connectivity index (χ0n) is 12.7. The molecule has 0 radical (unpaired) electrons. The molecule has 1 heterocycles. The Kier molecular flexibility index (Phi) is 4.40. The molecule has 0 amide bonds. The number of esters is 1. The maximum absolute atomic E-state index is 12.1. The number of nitrogens with zero attached hydrogens (tertiary/aromatic N) is 1. The number of nitriles is 1. The summed E-state index contributed by atoms with van der Waals surface area (Å²) in [5.41, 5.74) is 1.78. The van der Waals surface area contributed by atoms with Crippen LogP contribution in [-0.4, -0.2) is 12.6 Å². The highest BCUT2D eigenvalue weighted by atomic mass is 32.1. The van der Waals surface area contributed by atoms with Gasteiger partial charge in [0.1, 0.15) is 4.88 Å². The van der Waals surface area contributed by atoms with Crippen molar-refractivity contribution < 1.29 is 9.53 Å². The average molecular weight is 321 g/mol. The Hall–Kier alpha value is -2.64. The third kappa shape index (κ3) is 3.10.